The average molecular weight is 261 g/mol. The van der Waals surface area contributed by atoms with Crippen molar-refractivity contribution in [3.05, 3.63) is 32.4 Å². The fourth-order valence-electron chi connectivity index (χ4n) is 1.04. The van der Waals surface area contributed by atoms with Gasteiger partial charge in [-0.05, 0) is 41.9 Å². The molecule has 0 saturated carbocycles. The van der Waals surface area contributed by atoms with Gasteiger partial charge in [-0.2, -0.15) is 0 Å². The lowest BCUT2D eigenvalue weighted by molar-refractivity contribution is 0.662. The summed E-state index contributed by atoms with van der Waals surface area (Å²) in [5.74, 6) is 5.46. The Morgan fingerprint density at radius 2 is 2.31 bits per heavy atom. The molecular formula is C9H13BrN2S. The van der Waals surface area contributed by atoms with Gasteiger partial charge in [-0.25, -0.2) is 5.43 Å². The van der Waals surface area contributed by atoms with Gasteiger partial charge in [-0.3, -0.25) is 5.84 Å². The van der Waals surface area contributed by atoms with Gasteiger partial charge in [0.1, 0.15) is 0 Å². The van der Waals surface area contributed by atoms with Gasteiger partial charge in [0.2, 0.25) is 0 Å². The molecule has 0 aromatic carbocycles. The van der Waals surface area contributed by atoms with Gasteiger partial charge in [-0.1, -0.05) is 11.6 Å². The van der Waals surface area contributed by atoms with Gasteiger partial charge in [-0.15, -0.1) is 11.3 Å². The van der Waals surface area contributed by atoms with Crippen LogP contribution in [0.2, 0.25) is 0 Å². The zero-order valence-corrected chi connectivity index (χ0v) is 10.1. The van der Waals surface area contributed by atoms with E-state index in [2.05, 4.69) is 47.3 Å². The Hall–Kier alpha value is -0.160. The van der Waals surface area contributed by atoms with Crippen LogP contribution in [0.3, 0.4) is 0 Å². The minimum atomic E-state index is 0.126. The highest BCUT2D eigenvalue weighted by molar-refractivity contribution is 9.11. The van der Waals surface area contributed by atoms with E-state index >= 15 is 0 Å². The van der Waals surface area contributed by atoms with Gasteiger partial charge in [0, 0.05) is 4.88 Å². The lowest BCUT2D eigenvalue weighted by atomic mass is 10.2. The maximum absolute atomic E-state index is 5.46. The molecule has 0 aliphatic heterocycles. The number of hydrogen-bond donors (Lipinski definition) is 2. The summed E-state index contributed by atoms with van der Waals surface area (Å²) < 4.78 is 1.13. The first-order valence-corrected chi connectivity index (χ1v) is 5.61. The molecule has 4 heteroatoms. The average Bonchev–Trinajstić information content (AvgIpc) is 2.47. The predicted octanol–water partition coefficient (Wildman–Crippen LogP) is 2.98. The molecule has 1 rings (SSSR count). The number of thiophene rings is 1. The minimum Gasteiger partial charge on any atom is -0.271 e. The summed E-state index contributed by atoms with van der Waals surface area (Å²) in [5.41, 5.74) is 4.03. The first-order valence-electron chi connectivity index (χ1n) is 4.00. The SMILES string of the molecule is CC(C)=CC(NN)c1ccc(Br)s1. The van der Waals surface area contributed by atoms with E-state index in [9.17, 15) is 0 Å². The van der Waals surface area contributed by atoms with Crippen LogP contribution in [0, 0.1) is 0 Å². The molecule has 3 N–H and O–H groups in total. The van der Waals surface area contributed by atoms with Crippen LogP contribution in [0.4, 0.5) is 0 Å². The largest absolute Gasteiger partial charge is 0.271 e. The van der Waals surface area contributed by atoms with Crippen LogP contribution < -0.4 is 11.3 Å². The van der Waals surface area contributed by atoms with Gasteiger partial charge in [0.15, 0.2) is 0 Å². The molecule has 1 unspecified atom stereocenters. The second-order valence-electron chi connectivity index (χ2n) is 3.03. The third-order valence-electron chi connectivity index (χ3n) is 1.58. The van der Waals surface area contributed by atoms with E-state index in [4.69, 9.17) is 5.84 Å². The molecule has 1 aromatic heterocycles. The molecule has 0 radical (unpaired) electrons. The maximum atomic E-state index is 5.46. The van der Waals surface area contributed by atoms with E-state index in [0.29, 0.717) is 0 Å². The van der Waals surface area contributed by atoms with Crippen LogP contribution in [-0.2, 0) is 0 Å². The van der Waals surface area contributed by atoms with Gasteiger partial charge in [0.05, 0.1) is 9.83 Å². The molecule has 0 bridgehead atoms. The van der Waals surface area contributed by atoms with Crippen LogP contribution in [0.15, 0.2) is 27.6 Å². The van der Waals surface area contributed by atoms with Crippen molar-refractivity contribution in [1.29, 1.82) is 0 Å². The summed E-state index contributed by atoms with van der Waals surface area (Å²) in [5, 5.41) is 0. The van der Waals surface area contributed by atoms with E-state index in [1.807, 2.05) is 6.07 Å². The second kappa shape index (κ2) is 4.91. The van der Waals surface area contributed by atoms with Crippen molar-refractivity contribution in [2.24, 2.45) is 5.84 Å². The Balaban J connectivity index is 2.84. The summed E-state index contributed by atoms with van der Waals surface area (Å²) in [6, 6.07) is 4.23. The zero-order valence-electron chi connectivity index (χ0n) is 7.67. The van der Waals surface area contributed by atoms with Crippen LogP contribution in [0.25, 0.3) is 0 Å². The lowest BCUT2D eigenvalue weighted by Crippen LogP contribution is -2.26. The standard InChI is InChI=1S/C9H13BrN2S/c1-6(2)5-7(12-11)8-3-4-9(10)13-8/h3-5,7,12H,11H2,1-2H3. The number of hydrogen-bond acceptors (Lipinski definition) is 3. The highest BCUT2D eigenvalue weighted by Gasteiger charge is 2.08. The van der Waals surface area contributed by atoms with E-state index in [1.165, 1.54) is 10.5 Å². The molecule has 0 fully saturated rings. The maximum Gasteiger partial charge on any atom is 0.0736 e. The molecule has 0 aliphatic rings. The van der Waals surface area contributed by atoms with Gasteiger partial charge >= 0.3 is 0 Å². The minimum absolute atomic E-state index is 0.126. The van der Waals surface area contributed by atoms with E-state index < -0.39 is 0 Å². The van der Waals surface area contributed by atoms with Crippen molar-refractivity contribution >= 4 is 27.3 Å². The van der Waals surface area contributed by atoms with Gasteiger partial charge < -0.3 is 0 Å². The van der Waals surface area contributed by atoms with E-state index in [-0.39, 0.29) is 6.04 Å². The third-order valence-corrected chi connectivity index (χ3v) is 3.29. The van der Waals surface area contributed by atoms with Crippen molar-refractivity contribution in [2.45, 2.75) is 19.9 Å². The zero-order chi connectivity index (χ0) is 9.84. The van der Waals surface area contributed by atoms with Crippen molar-refractivity contribution < 1.29 is 0 Å². The smallest absolute Gasteiger partial charge is 0.0736 e. The Kier molecular flexibility index (Phi) is 4.12. The van der Waals surface area contributed by atoms with E-state index in [0.717, 1.165) is 3.79 Å². The summed E-state index contributed by atoms with van der Waals surface area (Å²) in [4.78, 5) is 1.22. The number of nitrogens with two attached hydrogens (primary N) is 1. The molecule has 13 heavy (non-hydrogen) atoms. The summed E-state index contributed by atoms with van der Waals surface area (Å²) >= 11 is 5.12. The van der Waals surface area contributed by atoms with E-state index in [1.54, 1.807) is 11.3 Å². The number of allylic oxidation sites excluding steroid dienone is 1. The fourth-order valence-corrected chi connectivity index (χ4v) is 2.49. The van der Waals surface area contributed by atoms with Crippen molar-refractivity contribution in [3.63, 3.8) is 0 Å². The Bertz CT molecular complexity index is 302. The Morgan fingerprint density at radius 3 is 2.69 bits per heavy atom. The highest BCUT2D eigenvalue weighted by atomic mass is 79.9. The molecule has 2 nitrogen and oxygen atoms in total. The number of halogens is 1. The number of nitrogens with one attached hydrogen (secondary N) is 1. The van der Waals surface area contributed by atoms with Crippen molar-refractivity contribution in [2.75, 3.05) is 0 Å². The number of rotatable bonds is 3. The molecule has 1 aromatic rings. The summed E-state index contributed by atoms with van der Waals surface area (Å²) in [6.45, 7) is 4.12. The molecule has 0 amide bonds. The van der Waals surface area contributed by atoms with Crippen LogP contribution in [-0.4, -0.2) is 0 Å². The molecule has 72 valence electrons. The summed E-state index contributed by atoms with van der Waals surface area (Å²) in [7, 11) is 0. The Morgan fingerprint density at radius 1 is 1.62 bits per heavy atom. The quantitative estimate of drug-likeness (QED) is 0.498. The molecule has 0 aliphatic carbocycles. The molecule has 1 atom stereocenters. The fraction of sp³-hybridized carbons (Fsp3) is 0.333. The topological polar surface area (TPSA) is 38.0 Å². The van der Waals surface area contributed by atoms with Crippen LogP contribution in [0.1, 0.15) is 24.8 Å². The molecule has 0 spiro atoms. The Labute approximate surface area is 90.9 Å². The third kappa shape index (κ3) is 3.23. The first-order chi connectivity index (χ1) is 6.13. The van der Waals surface area contributed by atoms with Crippen molar-refractivity contribution in [3.8, 4) is 0 Å². The molecule has 1 heterocycles. The lowest BCUT2D eigenvalue weighted by Gasteiger charge is -2.09. The van der Waals surface area contributed by atoms with Gasteiger partial charge in [0.25, 0.3) is 0 Å². The monoisotopic (exact) mass is 260 g/mol. The summed E-state index contributed by atoms with van der Waals surface area (Å²) in [6.07, 6.45) is 2.11. The number of hydrazine groups is 1. The molecule has 0 saturated heterocycles. The van der Waals surface area contributed by atoms with Crippen LogP contribution in [0.5, 0.6) is 0 Å². The predicted molar refractivity (Wildman–Crippen MR) is 61.5 cm³/mol. The highest BCUT2D eigenvalue weighted by Crippen LogP contribution is 2.28. The van der Waals surface area contributed by atoms with Crippen LogP contribution >= 0.6 is 27.3 Å². The van der Waals surface area contributed by atoms with Crippen molar-refractivity contribution in [1.82, 2.24) is 5.43 Å². The first kappa shape index (κ1) is 10.9. The normalized spacial score (nSPS) is 12.6. The molecular weight excluding hydrogens is 248 g/mol. The second-order valence-corrected chi connectivity index (χ2v) is 5.52.